The van der Waals surface area contributed by atoms with Crippen LogP contribution in [0.4, 0.5) is 0 Å². The van der Waals surface area contributed by atoms with Gasteiger partial charge >= 0.3 is 50.4 Å². The van der Waals surface area contributed by atoms with Gasteiger partial charge < -0.3 is 18.2 Å². The summed E-state index contributed by atoms with van der Waals surface area (Å²) >= 11 is 0. The van der Waals surface area contributed by atoms with Crippen molar-refractivity contribution in [3.05, 3.63) is 15.3 Å². The minimum absolute atomic E-state index is 0. The molecule has 0 amide bonds. The fourth-order valence-corrected chi connectivity index (χ4v) is 0. The number of hydrogen-bond acceptors (Lipinski definition) is 7. The van der Waals surface area contributed by atoms with Crippen molar-refractivity contribution >= 4 is 50.4 Å². The second kappa shape index (κ2) is 11.0. The third-order valence-electron chi connectivity index (χ3n) is 0. The van der Waals surface area contributed by atoms with Crippen LogP contribution < -0.4 is 18.6 Å². The van der Waals surface area contributed by atoms with Crippen molar-refractivity contribution in [3.8, 4) is 0 Å². The predicted molar refractivity (Wildman–Crippen MR) is 26.9 cm³/mol. The fraction of sp³-hybridized carbons (Fsp3) is 0. The standard InChI is InChI=1S/ClHO4.Mg.NO3.Pb.4H/c2-1(3,4)5;;2-1(3)4;;;;;/h(H,2,3,4,5);;;;;;;/q;+2;-1;;;;2*-1/p-1. The molecule has 0 aliphatic heterocycles. The molecule has 0 aliphatic rings. The van der Waals surface area contributed by atoms with Crippen molar-refractivity contribution in [1.29, 1.82) is 0 Å². The summed E-state index contributed by atoms with van der Waals surface area (Å²) in [7, 11) is -4.94. The van der Waals surface area contributed by atoms with Gasteiger partial charge in [-0.15, -0.1) is 10.2 Å². The molecule has 0 atom stereocenters. The normalized spacial score (nSPS) is 7.64. The Kier molecular flexibility index (Phi) is 22.7. The van der Waals surface area contributed by atoms with Crippen molar-refractivity contribution in [2.24, 2.45) is 0 Å². The SMILES string of the molecule is O=[N+]([O-])[O-].[H-].[H-].[Mg+2].[O-][Cl+3]([O-])([O-])[O-].[PbH2]. The first-order valence-corrected chi connectivity index (χ1v) is 2.40. The summed E-state index contributed by atoms with van der Waals surface area (Å²) in [5.74, 6) is 0. The van der Waals surface area contributed by atoms with E-state index < -0.39 is 15.3 Å². The molecule has 0 heterocycles. The van der Waals surface area contributed by atoms with E-state index in [-0.39, 0.29) is 53.2 Å². The minimum atomic E-state index is -4.94. The molecule has 2 radical (unpaired) electrons. The van der Waals surface area contributed by atoms with Crippen LogP contribution in [0.25, 0.3) is 0 Å². The van der Waals surface area contributed by atoms with Crippen LogP contribution in [0.2, 0.25) is 0 Å². The molecule has 0 aliphatic carbocycles. The Bertz CT molecular complexity index is 89.0. The van der Waals surface area contributed by atoms with Gasteiger partial charge in [-0.2, -0.15) is 0 Å². The van der Waals surface area contributed by atoms with E-state index in [2.05, 4.69) is 0 Å². The van der Waals surface area contributed by atoms with Gasteiger partial charge in [0, 0.05) is 0 Å². The van der Waals surface area contributed by atoms with Crippen molar-refractivity contribution in [1.82, 2.24) is 0 Å². The Labute approximate surface area is 102 Å². The van der Waals surface area contributed by atoms with Gasteiger partial charge in [-0.05, 0) is 0 Å². The van der Waals surface area contributed by atoms with E-state index in [1.165, 1.54) is 0 Å². The van der Waals surface area contributed by atoms with Crippen molar-refractivity contribution < 1.29 is 36.8 Å². The fourth-order valence-electron chi connectivity index (χ4n) is 0. The van der Waals surface area contributed by atoms with E-state index in [1.54, 1.807) is 0 Å². The quantitative estimate of drug-likeness (QED) is 0.224. The van der Waals surface area contributed by atoms with Crippen LogP contribution in [0.5, 0.6) is 0 Å². The third-order valence-corrected chi connectivity index (χ3v) is 0. The topological polar surface area (TPSA) is 158 Å². The molecular weight excluding hydrogens is 393 g/mol. The predicted octanol–water partition coefficient (Wildman–Crippen LogP) is -6.07. The van der Waals surface area contributed by atoms with Gasteiger partial charge in [0.05, 0.1) is 5.09 Å². The molecule has 0 saturated heterocycles. The van der Waals surface area contributed by atoms with Crippen LogP contribution in [0.1, 0.15) is 2.85 Å². The van der Waals surface area contributed by atoms with E-state index in [4.69, 9.17) is 34.0 Å². The van der Waals surface area contributed by atoms with Crippen LogP contribution in [0, 0.1) is 25.6 Å². The van der Waals surface area contributed by atoms with E-state index in [1.807, 2.05) is 0 Å². The van der Waals surface area contributed by atoms with Gasteiger partial charge in [0.2, 0.25) is 0 Å². The van der Waals surface area contributed by atoms with Crippen molar-refractivity contribution in [2.75, 3.05) is 0 Å². The Hall–Kier alpha value is 1.02. The molecule has 0 aromatic heterocycles. The summed E-state index contributed by atoms with van der Waals surface area (Å²) in [5.41, 5.74) is 0. The monoisotopic (exact) mass is 397 g/mol. The maximum atomic E-state index is 8.49. The van der Waals surface area contributed by atoms with Gasteiger partial charge in [0.25, 0.3) is 0 Å². The molecule has 0 aromatic carbocycles. The molecule has 0 saturated carbocycles. The van der Waals surface area contributed by atoms with Gasteiger partial charge in [-0.25, -0.2) is 18.6 Å². The van der Waals surface area contributed by atoms with Crippen molar-refractivity contribution in [3.63, 3.8) is 0 Å². The summed E-state index contributed by atoms with van der Waals surface area (Å²) in [6.45, 7) is 0. The Morgan fingerprint density at radius 3 is 1.09 bits per heavy atom. The number of halogens is 1. The zero-order valence-corrected chi connectivity index (χ0v) is 12.8. The molecule has 8 nitrogen and oxygen atoms in total. The molecule has 0 rings (SSSR count). The third kappa shape index (κ3) is 864. The Morgan fingerprint density at radius 2 is 1.09 bits per heavy atom. The molecular formula is H4ClMgNO7Pb-2. The second-order valence-electron chi connectivity index (χ2n) is 0.602. The summed E-state index contributed by atoms with van der Waals surface area (Å²) in [5, 5.41) is 14.8. The van der Waals surface area contributed by atoms with Crippen LogP contribution in [0.15, 0.2) is 0 Å². The first-order chi connectivity index (χ1) is 3.73. The van der Waals surface area contributed by atoms with Gasteiger partial charge in [0.1, 0.15) is 0 Å². The Balaban J connectivity index is -0.0000000146. The van der Waals surface area contributed by atoms with Gasteiger partial charge in [-0.1, -0.05) is 0 Å². The molecule has 0 N–H and O–H groups in total. The van der Waals surface area contributed by atoms with E-state index in [9.17, 15) is 0 Å². The molecule has 0 unspecified atom stereocenters. The summed E-state index contributed by atoms with van der Waals surface area (Å²) < 4.78 is 34.0. The molecule has 11 heteroatoms. The van der Waals surface area contributed by atoms with Gasteiger partial charge in [0.15, 0.2) is 0 Å². The average molecular weight is 397 g/mol. The van der Waals surface area contributed by atoms with Crippen LogP contribution in [-0.2, 0) is 0 Å². The zero-order chi connectivity index (χ0) is 8.08. The molecule has 0 spiro atoms. The van der Waals surface area contributed by atoms with Crippen LogP contribution in [0.3, 0.4) is 0 Å². The molecule has 66 valence electrons. The van der Waals surface area contributed by atoms with E-state index >= 15 is 0 Å². The summed E-state index contributed by atoms with van der Waals surface area (Å²) in [6.07, 6.45) is 0. The average Bonchev–Trinajstić information content (AvgIpc) is 1.19. The maximum absolute atomic E-state index is 8.49. The summed E-state index contributed by atoms with van der Waals surface area (Å²) in [4.78, 5) is 8.25. The summed E-state index contributed by atoms with van der Waals surface area (Å²) in [6, 6.07) is 0. The number of rotatable bonds is 0. The molecule has 11 heavy (non-hydrogen) atoms. The van der Waals surface area contributed by atoms with Crippen LogP contribution >= 0.6 is 0 Å². The molecule has 0 bridgehead atoms. The van der Waals surface area contributed by atoms with Crippen molar-refractivity contribution in [2.45, 2.75) is 0 Å². The zero-order valence-electron chi connectivity index (χ0n) is 7.10. The van der Waals surface area contributed by atoms with E-state index in [0.717, 1.165) is 0 Å². The number of nitrogens with zero attached hydrogens (tertiary/aromatic N) is 1. The first kappa shape index (κ1) is 22.7. The molecule has 0 aromatic rings. The van der Waals surface area contributed by atoms with E-state index in [0.29, 0.717) is 0 Å². The Morgan fingerprint density at radius 1 is 1.09 bits per heavy atom. The molecule has 0 fully saturated rings. The van der Waals surface area contributed by atoms with Crippen LogP contribution in [-0.4, -0.2) is 55.4 Å². The first-order valence-electron chi connectivity index (χ1n) is 1.16. The second-order valence-corrected chi connectivity index (χ2v) is 1.36. The van der Waals surface area contributed by atoms with Gasteiger partial charge in [-0.3, -0.25) is 0 Å². The number of hydrogen-bond donors (Lipinski definition) is 0.